The number of alkyl halides is 1. The van der Waals surface area contributed by atoms with Gasteiger partial charge in [0.25, 0.3) is 5.91 Å². The number of nitrogens with zero attached hydrogens (tertiary/aromatic N) is 1. The molecule has 3 N–H and O–H groups in total. The summed E-state index contributed by atoms with van der Waals surface area (Å²) in [5, 5.41) is 21.8. The third-order valence-electron chi connectivity index (χ3n) is 3.58. The van der Waals surface area contributed by atoms with Crippen LogP contribution in [0.5, 0.6) is 0 Å². The molecule has 0 unspecified atom stereocenters. The van der Waals surface area contributed by atoms with Crippen LogP contribution in [0.1, 0.15) is 6.92 Å². The molecule has 2 aliphatic heterocycles. The van der Waals surface area contributed by atoms with Crippen molar-refractivity contribution in [3.63, 3.8) is 0 Å². The Labute approximate surface area is 110 Å². The predicted molar refractivity (Wildman–Crippen MR) is 64.1 cm³/mol. The monoisotopic (exact) mass is 272 g/mol. The molecule has 0 saturated carbocycles. The number of carbonyl (C=O) groups is 1. The van der Waals surface area contributed by atoms with Crippen molar-refractivity contribution in [2.75, 3.05) is 13.3 Å². The molecule has 1 saturated heterocycles. The van der Waals surface area contributed by atoms with Crippen LogP contribution in [-0.4, -0.2) is 52.2 Å². The van der Waals surface area contributed by atoms with Gasteiger partial charge in [0.2, 0.25) is 0 Å². The molecule has 106 valence electrons. The van der Waals surface area contributed by atoms with Gasteiger partial charge in [-0.2, -0.15) is 0 Å². The first-order chi connectivity index (χ1) is 8.95. The van der Waals surface area contributed by atoms with Gasteiger partial charge < -0.3 is 25.2 Å². The number of ether oxygens (including phenoxy) is 1. The van der Waals surface area contributed by atoms with Gasteiger partial charge >= 0.3 is 0 Å². The Bertz CT molecular complexity index is 422. The molecule has 0 aromatic carbocycles. The van der Waals surface area contributed by atoms with Gasteiger partial charge in [-0.25, -0.2) is 4.39 Å². The van der Waals surface area contributed by atoms with Gasteiger partial charge in [0.15, 0.2) is 0 Å². The largest absolute Gasteiger partial charge is 0.393 e. The fourth-order valence-corrected chi connectivity index (χ4v) is 2.37. The zero-order valence-electron chi connectivity index (χ0n) is 10.5. The van der Waals surface area contributed by atoms with Crippen molar-refractivity contribution in [1.82, 2.24) is 10.2 Å². The number of aliphatic hydroxyl groups excluding tert-OH is 2. The van der Waals surface area contributed by atoms with Gasteiger partial charge in [-0.3, -0.25) is 4.79 Å². The first-order valence-electron chi connectivity index (χ1n) is 5.94. The van der Waals surface area contributed by atoms with Crippen LogP contribution in [0.4, 0.5) is 4.39 Å². The third kappa shape index (κ3) is 2.13. The number of hydrogen-bond acceptors (Lipinski definition) is 5. The Morgan fingerprint density at radius 3 is 2.84 bits per heavy atom. The maximum atomic E-state index is 13.1. The third-order valence-corrected chi connectivity index (χ3v) is 3.58. The molecule has 2 rings (SSSR count). The van der Waals surface area contributed by atoms with E-state index in [1.54, 1.807) is 6.92 Å². The van der Waals surface area contributed by atoms with Crippen LogP contribution in [0.3, 0.4) is 0 Å². The van der Waals surface area contributed by atoms with Gasteiger partial charge in [0, 0.05) is 18.2 Å². The molecule has 6 nitrogen and oxygen atoms in total. The number of aliphatic hydroxyl groups is 2. The van der Waals surface area contributed by atoms with E-state index < -0.39 is 37.1 Å². The van der Waals surface area contributed by atoms with Crippen molar-refractivity contribution in [1.29, 1.82) is 0 Å². The normalized spacial score (nSPS) is 38.7. The van der Waals surface area contributed by atoms with Crippen LogP contribution in [0.15, 0.2) is 24.7 Å². The number of halogens is 1. The van der Waals surface area contributed by atoms with E-state index in [0.717, 1.165) is 0 Å². The highest BCUT2D eigenvalue weighted by Crippen LogP contribution is 2.38. The molecule has 0 aromatic heterocycles. The summed E-state index contributed by atoms with van der Waals surface area (Å²) in [6.45, 7) is 3.73. The molecule has 0 bridgehead atoms. The zero-order chi connectivity index (χ0) is 14.2. The lowest BCUT2D eigenvalue weighted by molar-refractivity contribution is -0.144. The summed E-state index contributed by atoms with van der Waals surface area (Å²) < 4.78 is 18.6. The second-order valence-corrected chi connectivity index (χ2v) is 4.83. The maximum absolute atomic E-state index is 13.1. The van der Waals surface area contributed by atoms with Gasteiger partial charge in [-0.05, 0) is 0 Å². The highest BCUT2D eigenvalue weighted by Gasteiger charge is 2.54. The molecule has 19 heavy (non-hydrogen) atoms. The molecule has 2 heterocycles. The molecule has 1 amide bonds. The van der Waals surface area contributed by atoms with Crippen LogP contribution < -0.4 is 5.32 Å². The number of carbonyl (C=O) groups excluding carboxylic acids is 1. The predicted octanol–water partition coefficient (Wildman–Crippen LogP) is -0.543. The molecule has 0 spiro atoms. The highest BCUT2D eigenvalue weighted by molar-refractivity contribution is 5.89. The maximum Gasteiger partial charge on any atom is 0.250 e. The quantitative estimate of drug-likeness (QED) is 0.642. The molecule has 2 aliphatic rings. The zero-order valence-corrected chi connectivity index (χ0v) is 10.5. The summed E-state index contributed by atoms with van der Waals surface area (Å²) in [7, 11) is 0. The lowest BCUT2D eigenvalue weighted by atomic mass is 9.92. The number of rotatable bonds is 3. The standard InChI is InChI=1S/C12H17FN2O4/c1-7-10(18)12(5-13,6-16)19-11(7)15-4-3-9(17)14-8(15)2/h3-4,7,10-11,16,18H,2,5-6H2,1H3,(H,14,17)/t7-,10-,11+,12+/m0/s1. The van der Waals surface area contributed by atoms with E-state index in [-0.39, 0.29) is 11.7 Å². The minimum absolute atomic E-state index is 0.282. The van der Waals surface area contributed by atoms with Crippen molar-refractivity contribution >= 4 is 5.91 Å². The van der Waals surface area contributed by atoms with Crippen molar-refractivity contribution in [2.24, 2.45) is 5.92 Å². The van der Waals surface area contributed by atoms with Crippen molar-refractivity contribution in [2.45, 2.75) is 24.9 Å². The van der Waals surface area contributed by atoms with Crippen LogP contribution in [-0.2, 0) is 9.53 Å². The van der Waals surface area contributed by atoms with Crippen molar-refractivity contribution in [3.05, 3.63) is 24.7 Å². The first kappa shape index (κ1) is 14.0. The summed E-state index contributed by atoms with van der Waals surface area (Å²) >= 11 is 0. The van der Waals surface area contributed by atoms with Crippen LogP contribution >= 0.6 is 0 Å². The summed E-state index contributed by atoms with van der Waals surface area (Å²) in [6.07, 6.45) is 0.889. The van der Waals surface area contributed by atoms with Crippen molar-refractivity contribution < 1.29 is 24.1 Å². The number of hydrogen-bond donors (Lipinski definition) is 3. The highest BCUT2D eigenvalue weighted by atomic mass is 19.1. The lowest BCUT2D eigenvalue weighted by Gasteiger charge is -2.34. The minimum Gasteiger partial charge on any atom is -0.393 e. The van der Waals surface area contributed by atoms with Gasteiger partial charge in [-0.1, -0.05) is 13.5 Å². The van der Waals surface area contributed by atoms with E-state index in [1.807, 2.05) is 0 Å². The van der Waals surface area contributed by atoms with E-state index in [0.29, 0.717) is 0 Å². The molecule has 4 atom stereocenters. The number of amides is 1. The van der Waals surface area contributed by atoms with Crippen LogP contribution in [0.2, 0.25) is 0 Å². The smallest absolute Gasteiger partial charge is 0.250 e. The second-order valence-electron chi connectivity index (χ2n) is 4.83. The summed E-state index contributed by atoms with van der Waals surface area (Å²) in [5.74, 6) is -0.491. The average Bonchev–Trinajstić information content (AvgIpc) is 2.64. The van der Waals surface area contributed by atoms with E-state index >= 15 is 0 Å². The molecule has 0 aliphatic carbocycles. The van der Waals surface area contributed by atoms with E-state index in [4.69, 9.17) is 4.74 Å². The topological polar surface area (TPSA) is 82.0 Å². The van der Waals surface area contributed by atoms with E-state index in [9.17, 15) is 19.4 Å². The fourth-order valence-electron chi connectivity index (χ4n) is 2.37. The van der Waals surface area contributed by atoms with Crippen LogP contribution in [0, 0.1) is 5.92 Å². The number of nitrogens with one attached hydrogen (secondary N) is 1. The summed E-state index contributed by atoms with van der Waals surface area (Å²) in [6, 6.07) is 0. The van der Waals surface area contributed by atoms with Gasteiger partial charge in [-0.15, -0.1) is 0 Å². The second kappa shape index (κ2) is 4.92. The van der Waals surface area contributed by atoms with E-state index in [2.05, 4.69) is 11.9 Å². The molecular weight excluding hydrogens is 255 g/mol. The Kier molecular flexibility index (Phi) is 3.62. The molecule has 7 heteroatoms. The van der Waals surface area contributed by atoms with Gasteiger partial charge in [0.05, 0.1) is 12.7 Å². The van der Waals surface area contributed by atoms with Crippen molar-refractivity contribution in [3.8, 4) is 0 Å². The Balaban J connectivity index is 2.25. The fraction of sp³-hybridized carbons (Fsp3) is 0.583. The SMILES string of the molecule is C=C1NC(=O)C=CN1[C@@H]1O[C@@](CO)(CF)[C@@H](O)[C@@H]1C. The molecule has 0 radical (unpaired) electrons. The van der Waals surface area contributed by atoms with E-state index in [1.165, 1.54) is 17.2 Å². The molecule has 1 fully saturated rings. The molecular formula is C12H17FN2O4. The Morgan fingerprint density at radius 1 is 1.68 bits per heavy atom. The Morgan fingerprint density at radius 2 is 2.37 bits per heavy atom. The lowest BCUT2D eigenvalue weighted by Crippen LogP contribution is -2.47. The molecule has 0 aromatic rings. The van der Waals surface area contributed by atoms with Gasteiger partial charge in [0.1, 0.15) is 24.3 Å². The average molecular weight is 272 g/mol. The van der Waals surface area contributed by atoms with Crippen LogP contribution in [0.25, 0.3) is 0 Å². The summed E-state index contributed by atoms with van der Waals surface area (Å²) in [5.41, 5.74) is -1.63. The first-order valence-corrected chi connectivity index (χ1v) is 5.94. The minimum atomic E-state index is -1.63. The Hall–Kier alpha value is -1.44. The summed E-state index contributed by atoms with van der Waals surface area (Å²) in [4.78, 5) is 12.6.